The van der Waals surface area contributed by atoms with Gasteiger partial charge in [-0.3, -0.25) is 0 Å². The quantitative estimate of drug-likeness (QED) is 0.506. The molecule has 1 aliphatic rings. The van der Waals surface area contributed by atoms with E-state index in [9.17, 15) is 4.39 Å². The molecule has 0 spiro atoms. The van der Waals surface area contributed by atoms with Crippen molar-refractivity contribution in [3.8, 4) is 0 Å². The van der Waals surface area contributed by atoms with Crippen molar-refractivity contribution in [1.82, 2.24) is 0 Å². The van der Waals surface area contributed by atoms with Gasteiger partial charge in [0, 0.05) is 0 Å². The van der Waals surface area contributed by atoms with Crippen molar-refractivity contribution in [1.29, 1.82) is 0 Å². The molecular formula is C5H9FN2O. The third-order valence-corrected chi connectivity index (χ3v) is 1.24. The summed E-state index contributed by atoms with van der Waals surface area (Å²) in [6, 6.07) is -0.254. The maximum atomic E-state index is 12.5. The molecule has 0 aromatic carbocycles. The number of nitrogens with two attached hydrogens (primary N) is 1. The van der Waals surface area contributed by atoms with E-state index in [-0.39, 0.29) is 18.7 Å². The zero-order chi connectivity index (χ0) is 6.85. The Hall–Kier alpha value is -0.800. The van der Waals surface area contributed by atoms with Gasteiger partial charge in [0.2, 0.25) is 0 Å². The Balaban J connectivity index is 2.58. The van der Waals surface area contributed by atoms with E-state index in [0.717, 1.165) is 0 Å². The summed E-state index contributed by atoms with van der Waals surface area (Å²) >= 11 is 0. The number of hydrogen-bond donors (Lipinski definition) is 1. The SMILES string of the molecule is C[C@H]1N=C(N)OC[C@@H]1F. The van der Waals surface area contributed by atoms with Gasteiger partial charge in [-0.2, -0.15) is 0 Å². The second kappa shape index (κ2) is 2.21. The Morgan fingerprint density at radius 3 is 3.00 bits per heavy atom. The van der Waals surface area contributed by atoms with E-state index in [4.69, 9.17) is 5.73 Å². The van der Waals surface area contributed by atoms with Crippen molar-refractivity contribution < 1.29 is 9.13 Å². The van der Waals surface area contributed by atoms with E-state index in [2.05, 4.69) is 9.73 Å². The fourth-order valence-electron chi connectivity index (χ4n) is 0.623. The Morgan fingerprint density at radius 2 is 2.56 bits per heavy atom. The Kier molecular flexibility index (Phi) is 1.55. The van der Waals surface area contributed by atoms with Crippen LogP contribution in [0, 0.1) is 0 Å². The summed E-state index contributed by atoms with van der Waals surface area (Å²) in [6.45, 7) is 1.70. The van der Waals surface area contributed by atoms with Crippen molar-refractivity contribution in [2.45, 2.75) is 19.1 Å². The second-order valence-electron chi connectivity index (χ2n) is 2.03. The molecule has 0 amide bonds. The van der Waals surface area contributed by atoms with E-state index in [1.54, 1.807) is 6.92 Å². The molecule has 1 aliphatic heterocycles. The minimum absolute atomic E-state index is 0.0382. The molecule has 0 saturated carbocycles. The average molecular weight is 132 g/mol. The van der Waals surface area contributed by atoms with Gasteiger partial charge in [0.1, 0.15) is 6.61 Å². The van der Waals surface area contributed by atoms with Gasteiger partial charge in [-0.1, -0.05) is 0 Å². The van der Waals surface area contributed by atoms with Gasteiger partial charge in [-0.05, 0) is 6.92 Å². The first-order valence-electron chi connectivity index (χ1n) is 2.80. The zero-order valence-electron chi connectivity index (χ0n) is 5.17. The van der Waals surface area contributed by atoms with Crippen molar-refractivity contribution in [2.75, 3.05) is 6.61 Å². The van der Waals surface area contributed by atoms with Gasteiger partial charge < -0.3 is 10.5 Å². The summed E-state index contributed by atoms with van der Waals surface area (Å²) in [5.74, 6) is 0. The minimum atomic E-state index is -1.00. The molecule has 0 bridgehead atoms. The minimum Gasteiger partial charge on any atom is -0.462 e. The molecule has 2 atom stereocenters. The lowest BCUT2D eigenvalue weighted by molar-refractivity contribution is 0.145. The first-order valence-corrected chi connectivity index (χ1v) is 2.80. The Labute approximate surface area is 52.7 Å². The summed E-state index contributed by atoms with van der Waals surface area (Å²) in [5.41, 5.74) is 5.15. The monoisotopic (exact) mass is 132 g/mol. The molecule has 1 rings (SSSR count). The van der Waals surface area contributed by atoms with Crippen LogP contribution in [0.15, 0.2) is 4.99 Å². The highest BCUT2D eigenvalue weighted by Crippen LogP contribution is 2.08. The summed E-state index contributed by atoms with van der Waals surface area (Å²) in [4.78, 5) is 3.66. The first-order chi connectivity index (χ1) is 4.20. The summed E-state index contributed by atoms with van der Waals surface area (Å²) < 4.78 is 17.1. The number of rotatable bonds is 0. The highest BCUT2D eigenvalue weighted by molar-refractivity contribution is 5.72. The standard InChI is InChI=1S/C5H9FN2O/c1-3-4(6)2-9-5(7)8-3/h3-4H,2H2,1H3,(H2,7,8)/t3-,4+/m1/s1. The molecule has 52 valence electrons. The predicted molar refractivity (Wildman–Crippen MR) is 31.9 cm³/mol. The van der Waals surface area contributed by atoms with E-state index < -0.39 is 6.17 Å². The maximum Gasteiger partial charge on any atom is 0.282 e. The van der Waals surface area contributed by atoms with Crippen LogP contribution < -0.4 is 5.73 Å². The number of ether oxygens (including phenoxy) is 1. The van der Waals surface area contributed by atoms with Crippen molar-refractivity contribution in [3.05, 3.63) is 0 Å². The fraction of sp³-hybridized carbons (Fsp3) is 0.800. The molecule has 0 fully saturated rings. The maximum absolute atomic E-state index is 12.5. The molecule has 3 nitrogen and oxygen atoms in total. The van der Waals surface area contributed by atoms with Crippen LogP contribution in [-0.4, -0.2) is 24.8 Å². The first kappa shape index (κ1) is 6.32. The lowest BCUT2D eigenvalue weighted by Crippen LogP contribution is -2.34. The van der Waals surface area contributed by atoms with Crippen LogP contribution >= 0.6 is 0 Å². The smallest absolute Gasteiger partial charge is 0.282 e. The largest absolute Gasteiger partial charge is 0.462 e. The topological polar surface area (TPSA) is 47.6 Å². The number of alkyl halides is 1. The Bertz CT molecular complexity index is 137. The van der Waals surface area contributed by atoms with E-state index in [0.29, 0.717) is 0 Å². The van der Waals surface area contributed by atoms with Gasteiger partial charge in [-0.15, -0.1) is 0 Å². The van der Waals surface area contributed by atoms with Crippen LogP contribution in [0.4, 0.5) is 4.39 Å². The normalized spacial score (nSPS) is 35.1. The van der Waals surface area contributed by atoms with Crippen LogP contribution in [0.1, 0.15) is 6.92 Å². The lowest BCUT2D eigenvalue weighted by Gasteiger charge is -2.18. The molecule has 1 heterocycles. The average Bonchev–Trinajstić information content (AvgIpc) is 1.80. The van der Waals surface area contributed by atoms with E-state index >= 15 is 0 Å². The number of hydrogen-bond acceptors (Lipinski definition) is 3. The third-order valence-electron chi connectivity index (χ3n) is 1.24. The summed E-state index contributed by atoms with van der Waals surface area (Å²) in [6.07, 6.45) is -1.00. The van der Waals surface area contributed by atoms with E-state index in [1.165, 1.54) is 0 Å². The van der Waals surface area contributed by atoms with Gasteiger partial charge >= 0.3 is 0 Å². The van der Waals surface area contributed by atoms with Crippen molar-refractivity contribution in [2.24, 2.45) is 10.7 Å². The number of nitrogens with zero attached hydrogens (tertiary/aromatic N) is 1. The highest BCUT2D eigenvalue weighted by atomic mass is 19.1. The van der Waals surface area contributed by atoms with Gasteiger partial charge in [0.05, 0.1) is 6.04 Å². The molecule has 0 aromatic rings. The second-order valence-corrected chi connectivity index (χ2v) is 2.03. The zero-order valence-corrected chi connectivity index (χ0v) is 5.17. The number of aliphatic imine (C=N–C) groups is 1. The van der Waals surface area contributed by atoms with Crippen LogP contribution in [0.3, 0.4) is 0 Å². The van der Waals surface area contributed by atoms with Crippen LogP contribution in [-0.2, 0) is 4.74 Å². The van der Waals surface area contributed by atoms with Crippen LogP contribution in [0.25, 0.3) is 0 Å². The van der Waals surface area contributed by atoms with Gasteiger partial charge in [0.15, 0.2) is 6.17 Å². The lowest BCUT2D eigenvalue weighted by atomic mass is 10.2. The van der Waals surface area contributed by atoms with Crippen molar-refractivity contribution in [3.63, 3.8) is 0 Å². The molecule has 2 N–H and O–H groups in total. The molecule has 9 heavy (non-hydrogen) atoms. The molecule has 4 heteroatoms. The van der Waals surface area contributed by atoms with E-state index in [1.807, 2.05) is 0 Å². The molecule has 0 radical (unpaired) electrons. The van der Waals surface area contributed by atoms with Gasteiger partial charge in [0.25, 0.3) is 6.02 Å². The summed E-state index contributed by atoms with van der Waals surface area (Å²) in [5, 5.41) is 0. The van der Waals surface area contributed by atoms with Crippen molar-refractivity contribution >= 4 is 6.02 Å². The molecular weight excluding hydrogens is 123 g/mol. The van der Waals surface area contributed by atoms with Crippen LogP contribution in [0.2, 0.25) is 0 Å². The highest BCUT2D eigenvalue weighted by Gasteiger charge is 2.21. The van der Waals surface area contributed by atoms with Gasteiger partial charge in [-0.25, -0.2) is 9.38 Å². The van der Waals surface area contributed by atoms with Crippen LogP contribution in [0.5, 0.6) is 0 Å². The summed E-state index contributed by atoms with van der Waals surface area (Å²) in [7, 11) is 0. The Morgan fingerprint density at radius 1 is 1.89 bits per heavy atom. The number of halogens is 1. The molecule has 0 aliphatic carbocycles. The fourth-order valence-corrected chi connectivity index (χ4v) is 0.623. The molecule has 0 saturated heterocycles. The predicted octanol–water partition coefficient (Wildman–Crippen LogP) is 0.0579. The third kappa shape index (κ3) is 1.31. The number of amidine groups is 1. The molecule has 0 unspecified atom stereocenters. The molecule has 0 aromatic heterocycles.